The van der Waals surface area contributed by atoms with Crippen molar-refractivity contribution >= 4 is 0 Å². The van der Waals surface area contributed by atoms with Gasteiger partial charge in [0.2, 0.25) is 0 Å². The lowest BCUT2D eigenvalue weighted by molar-refractivity contribution is 0.619. The van der Waals surface area contributed by atoms with Crippen LogP contribution in [0, 0.1) is 6.07 Å². The van der Waals surface area contributed by atoms with Gasteiger partial charge in [-0.25, -0.2) is 0 Å². The molecular formula is C12H13N2. The quantitative estimate of drug-likeness (QED) is 0.765. The molecule has 0 aromatic carbocycles. The molecule has 0 aliphatic carbocycles. The smallest absolute Gasteiger partial charge is 0.0350 e. The van der Waals surface area contributed by atoms with Crippen LogP contribution in [0.25, 0.3) is 0 Å². The minimum absolute atomic E-state index is 0.0353. The maximum absolute atomic E-state index is 3.97. The summed E-state index contributed by atoms with van der Waals surface area (Å²) in [6.07, 6.45) is 5.45. The van der Waals surface area contributed by atoms with Gasteiger partial charge in [-0.3, -0.25) is 4.98 Å². The van der Waals surface area contributed by atoms with Gasteiger partial charge in [0.05, 0.1) is 0 Å². The number of hydrogen-bond donors (Lipinski definition) is 1. The summed E-state index contributed by atoms with van der Waals surface area (Å²) < 4.78 is 0. The van der Waals surface area contributed by atoms with Crippen molar-refractivity contribution in [2.24, 2.45) is 0 Å². The van der Waals surface area contributed by atoms with Crippen LogP contribution in [-0.2, 0) is 5.41 Å². The van der Waals surface area contributed by atoms with Crippen LogP contribution in [0.2, 0.25) is 0 Å². The molecule has 2 aromatic rings. The number of H-pyrrole nitrogens is 1. The SMILES string of the molecule is CC(C)(c1[c]cncc1)c1ccc[nH]1. The molecule has 0 saturated heterocycles. The highest BCUT2D eigenvalue weighted by Gasteiger charge is 2.23. The molecule has 2 rings (SSSR count). The van der Waals surface area contributed by atoms with Crippen molar-refractivity contribution < 1.29 is 0 Å². The van der Waals surface area contributed by atoms with E-state index >= 15 is 0 Å². The summed E-state index contributed by atoms with van der Waals surface area (Å²) in [6.45, 7) is 4.34. The van der Waals surface area contributed by atoms with E-state index in [2.05, 4.69) is 35.9 Å². The fourth-order valence-electron chi connectivity index (χ4n) is 1.57. The first-order valence-corrected chi connectivity index (χ1v) is 4.67. The molecule has 0 unspecified atom stereocenters. The molecule has 2 heteroatoms. The Morgan fingerprint density at radius 3 is 2.79 bits per heavy atom. The Labute approximate surface area is 84.0 Å². The standard InChI is InChI=1S/C12H13N2/c1-12(2,11-4-3-7-14-11)10-5-8-13-9-6-10/h3-5,7-9,14H,1-2H3. The van der Waals surface area contributed by atoms with Crippen LogP contribution in [0.1, 0.15) is 25.1 Å². The van der Waals surface area contributed by atoms with Crippen molar-refractivity contribution in [3.8, 4) is 0 Å². The Morgan fingerprint density at radius 2 is 2.21 bits per heavy atom. The van der Waals surface area contributed by atoms with Crippen molar-refractivity contribution in [2.45, 2.75) is 19.3 Å². The zero-order valence-electron chi connectivity index (χ0n) is 8.41. The summed E-state index contributed by atoms with van der Waals surface area (Å²) in [5, 5.41) is 0. The van der Waals surface area contributed by atoms with Gasteiger partial charge in [-0.05, 0) is 23.8 Å². The third-order valence-electron chi connectivity index (χ3n) is 2.57. The molecule has 14 heavy (non-hydrogen) atoms. The summed E-state index contributed by atoms with van der Waals surface area (Å²) in [5.74, 6) is 0. The minimum atomic E-state index is -0.0353. The molecule has 0 atom stereocenters. The molecule has 0 saturated carbocycles. The molecule has 0 aliphatic rings. The van der Waals surface area contributed by atoms with Crippen molar-refractivity contribution in [3.05, 3.63) is 54.1 Å². The van der Waals surface area contributed by atoms with Crippen LogP contribution >= 0.6 is 0 Å². The molecule has 0 spiro atoms. The number of pyridine rings is 1. The van der Waals surface area contributed by atoms with E-state index in [1.807, 2.05) is 18.3 Å². The highest BCUT2D eigenvalue weighted by atomic mass is 14.7. The van der Waals surface area contributed by atoms with Crippen LogP contribution in [0.3, 0.4) is 0 Å². The topological polar surface area (TPSA) is 28.7 Å². The fraction of sp³-hybridized carbons (Fsp3) is 0.250. The largest absolute Gasteiger partial charge is 0.364 e. The van der Waals surface area contributed by atoms with Crippen molar-refractivity contribution in [1.82, 2.24) is 9.97 Å². The van der Waals surface area contributed by atoms with Crippen molar-refractivity contribution in [3.63, 3.8) is 0 Å². The Morgan fingerprint density at radius 1 is 1.36 bits per heavy atom. The number of rotatable bonds is 2. The highest BCUT2D eigenvalue weighted by molar-refractivity contribution is 5.31. The van der Waals surface area contributed by atoms with Gasteiger partial charge in [-0.15, -0.1) is 0 Å². The minimum Gasteiger partial charge on any atom is -0.364 e. The lowest BCUT2D eigenvalue weighted by atomic mass is 9.82. The number of nitrogens with zero attached hydrogens (tertiary/aromatic N) is 1. The first-order valence-electron chi connectivity index (χ1n) is 4.67. The van der Waals surface area contributed by atoms with E-state index in [4.69, 9.17) is 0 Å². The lowest BCUT2D eigenvalue weighted by Crippen LogP contribution is -2.19. The van der Waals surface area contributed by atoms with E-state index in [-0.39, 0.29) is 5.41 Å². The van der Waals surface area contributed by atoms with Crippen LogP contribution in [0.5, 0.6) is 0 Å². The number of aromatic nitrogens is 2. The third-order valence-corrected chi connectivity index (χ3v) is 2.57. The average molecular weight is 185 g/mol. The van der Waals surface area contributed by atoms with Gasteiger partial charge in [0.1, 0.15) is 0 Å². The summed E-state index contributed by atoms with van der Waals surface area (Å²) in [4.78, 5) is 7.21. The van der Waals surface area contributed by atoms with Crippen LogP contribution < -0.4 is 0 Å². The predicted molar refractivity (Wildman–Crippen MR) is 56.0 cm³/mol. The molecule has 1 N–H and O–H groups in total. The molecule has 0 aliphatic heterocycles. The zero-order valence-corrected chi connectivity index (χ0v) is 8.41. The van der Waals surface area contributed by atoms with Crippen LogP contribution in [-0.4, -0.2) is 9.97 Å². The Kier molecular flexibility index (Phi) is 2.12. The molecule has 0 fully saturated rings. The summed E-state index contributed by atoms with van der Waals surface area (Å²) in [6, 6.07) is 9.27. The first-order chi connectivity index (χ1) is 6.71. The number of hydrogen-bond acceptors (Lipinski definition) is 1. The van der Waals surface area contributed by atoms with E-state index in [0.29, 0.717) is 0 Å². The normalized spacial score (nSPS) is 11.6. The van der Waals surface area contributed by atoms with E-state index < -0.39 is 0 Å². The number of aromatic amines is 1. The second-order valence-electron chi connectivity index (χ2n) is 3.86. The van der Waals surface area contributed by atoms with Gasteiger partial charge >= 0.3 is 0 Å². The lowest BCUT2D eigenvalue weighted by Gasteiger charge is -2.23. The Bertz CT molecular complexity index is 388. The molecule has 2 heterocycles. The van der Waals surface area contributed by atoms with Crippen molar-refractivity contribution in [1.29, 1.82) is 0 Å². The van der Waals surface area contributed by atoms with Gasteiger partial charge in [-0.1, -0.05) is 13.8 Å². The average Bonchev–Trinajstić information content (AvgIpc) is 2.72. The van der Waals surface area contributed by atoms with Crippen LogP contribution in [0.15, 0.2) is 36.8 Å². The molecule has 1 radical (unpaired) electrons. The second-order valence-corrected chi connectivity index (χ2v) is 3.86. The highest BCUT2D eigenvalue weighted by Crippen LogP contribution is 2.28. The third kappa shape index (κ3) is 1.43. The molecule has 2 nitrogen and oxygen atoms in total. The maximum Gasteiger partial charge on any atom is 0.0350 e. The molecule has 71 valence electrons. The second kappa shape index (κ2) is 3.29. The Hall–Kier alpha value is -1.57. The molecule has 2 aromatic heterocycles. The van der Waals surface area contributed by atoms with E-state index in [1.165, 1.54) is 5.69 Å². The fourth-order valence-corrected chi connectivity index (χ4v) is 1.57. The summed E-state index contributed by atoms with van der Waals surface area (Å²) >= 11 is 0. The van der Waals surface area contributed by atoms with Crippen molar-refractivity contribution in [2.75, 3.05) is 0 Å². The summed E-state index contributed by atoms with van der Waals surface area (Å²) in [7, 11) is 0. The van der Waals surface area contributed by atoms with Gasteiger partial charge in [0.15, 0.2) is 0 Å². The first kappa shape index (κ1) is 9.00. The monoisotopic (exact) mass is 185 g/mol. The molecular weight excluding hydrogens is 172 g/mol. The summed E-state index contributed by atoms with van der Waals surface area (Å²) in [5.41, 5.74) is 2.31. The van der Waals surface area contributed by atoms with Gasteiger partial charge in [-0.2, -0.15) is 0 Å². The van der Waals surface area contributed by atoms with Gasteiger partial charge in [0, 0.05) is 35.8 Å². The molecule has 0 bridgehead atoms. The van der Waals surface area contributed by atoms with E-state index in [0.717, 1.165) is 5.56 Å². The molecule has 0 amide bonds. The number of nitrogens with one attached hydrogen (secondary N) is 1. The van der Waals surface area contributed by atoms with E-state index in [1.54, 1.807) is 12.4 Å². The maximum atomic E-state index is 3.97. The predicted octanol–water partition coefficient (Wildman–Crippen LogP) is 2.54. The van der Waals surface area contributed by atoms with Gasteiger partial charge in [0.25, 0.3) is 0 Å². The van der Waals surface area contributed by atoms with Crippen LogP contribution in [0.4, 0.5) is 0 Å². The van der Waals surface area contributed by atoms with E-state index in [9.17, 15) is 0 Å². The zero-order chi connectivity index (χ0) is 10.0. The Balaban J connectivity index is 2.43. The van der Waals surface area contributed by atoms with Gasteiger partial charge < -0.3 is 4.98 Å².